The Morgan fingerprint density at radius 1 is 1.14 bits per heavy atom. The first-order valence-corrected chi connectivity index (χ1v) is 15.7. The van der Waals surface area contributed by atoms with E-state index < -0.39 is 21.9 Å². The third-order valence-electron chi connectivity index (χ3n) is 6.92. The van der Waals surface area contributed by atoms with Gasteiger partial charge in [-0.25, -0.2) is 13.2 Å². The number of unbranched alkanes of at least 4 members (excludes halogenated alkanes) is 2. The molecule has 9 heteroatoms. The van der Waals surface area contributed by atoms with Crippen LogP contribution in [0, 0.1) is 5.41 Å². The summed E-state index contributed by atoms with van der Waals surface area (Å²) in [5.74, 6) is -0.417. The van der Waals surface area contributed by atoms with Crippen molar-refractivity contribution in [3.05, 3.63) is 42.5 Å². The number of thioether (sulfide) groups is 1. The molecule has 1 N–H and O–H groups in total. The van der Waals surface area contributed by atoms with Gasteiger partial charge in [0.1, 0.15) is 12.4 Å². The highest BCUT2D eigenvalue weighted by Crippen LogP contribution is 2.47. The fraction of sp³-hybridized carbons (Fsp3) is 0.536. The van der Waals surface area contributed by atoms with Crippen molar-refractivity contribution in [3.63, 3.8) is 0 Å². The topological polar surface area (TPSA) is 93.1 Å². The summed E-state index contributed by atoms with van der Waals surface area (Å²) in [6.45, 7) is 4.55. The van der Waals surface area contributed by atoms with Gasteiger partial charge >= 0.3 is 5.97 Å². The van der Waals surface area contributed by atoms with Crippen LogP contribution in [0.25, 0.3) is 0 Å². The van der Waals surface area contributed by atoms with Crippen molar-refractivity contribution in [3.8, 4) is 5.75 Å². The van der Waals surface area contributed by atoms with Crippen LogP contribution in [0.3, 0.4) is 0 Å². The van der Waals surface area contributed by atoms with E-state index in [1.54, 1.807) is 6.07 Å². The molecule has 3 rings (SSSR count). The number of benzene rings is 2. The van der Waals surface area contributed by atoms with Crippen molar-refractivity contribution in [2.45, 2.75) is 68.3 Å². The van der Waals surface area contributed by atoms with Gasteiger partial charge in [0.05, 0.1) is 28.3 Å². The number of hydrogen-bond acceptors (Lipinski definition) is 8. The molecule has 0 fully saturated rings. The Bertz CT molecular complexity index is 1140. The number of sulfone groups is 1. The van der Waals surface area contributed by atoms with E-state index in [1.165, 1.54) is 18.9 Å². The maximum Gasteiger partial charge on any atom is 0.338 e. The molecule has 0 spiro atoms. The van der Waals surface area contributed by atoms with Crippen molar-refractivity contribution in [1.29, 1.82) is 0 Å². The number of fused-ring (bicyclic) bond motifs is 1. The van der Waals surface area contributed by atoms with Crippen LogP contribution in [0.5, 0.6) is 5.75 Å². The maximum atomic E-state index is 14.0. The molecule has 1 aliphatic rings. The number of aliphatic hydroxyl groups is 1. The summed E-state index contributed by atoms with van der Waals surface area (Å²) in [6.07, 6.45) is 6.03. The Morgan fingerprint density at radius 3 is 2.35 bits per heavy atom. The minimum absolute atomic E-state index is 0.0686. The SMILES string of the molecule is CCCCC1(CCCC)CN(c2ccccc2)c2cc(SC)c(OCC(O)C(=O)OC)cc2S(=O)(=O)C1. The first kappa shape index (κ1) is 29.3. The third kappa shape index (κ3) is 7.00. The van der Waals surface area contributed by atoms with Gasteiger partial charge in [-0.2, -0.15) is 0 Å². The molecule has 0 saturated heterocycles. The van der Waals surface area contributed by atoms with E-state index >= 15 is 0 Å². The summed E-state index contributed by atoms with van der Waals surface area (Å²) in [5, 5.41) is 10.0. The van der Waals surface area contributed by atoms with Crippen molar-refractivity contribution < 1.29 is 27.8 Å². The van der Waals surface area contributed by atoms with Crippen molar-refractivity contribution in [2.24, 2.45) is 5.41 Å². The van der Waals surface area contributed by atoms with E-state index in [9.17, 15) is 18.3 Å². The number of methoxy groups -OCH3 is 1. The van der Waals surface area contributed by atoms with Crippen LogP contribution in [0.4, 0.5) is 11.4 Å². The van der Waals surface area contributed by atoms with Gasteiger partial charge in [-0.15, -0.1) is 11.8 Å². The summed E-state index contributed by atoms with van der Waals surface area (Å²) in [4.78, 5) is 14.7. The largest absolute Gasteiger partial charge is 0.489 e. The van der Waals surface area contributed by atoms with E-state index in [0.29, 0.717) is 18.0 Å². The molecule has 0 radical (unpaired) electrons. The van der Waals surface area contributed by atoms with Crippen LogP contribution < -0.4 is 9.64 Å². The van der Waals surface area contributed by atoms with E-state index in [0.717, 1.165) is 49.1 Å². The number of aliphatic hydroxyl groups excluding tert-OH is 1. The highest BCUT2D eigenvalue weighted by Gasteiger charge is 2.42. The highest BCUT2D eigenvalue weighted by molar-refractivity contribution is 7.98. The highest BCUT2D eigenvalue weighted by atomic mass is 32.2. The summed E-state index contributed by atoms with van der Waals surface area (Å²) >= 11 is 1.42. The van der Waals surface area contributed by atoms with E-state index in [-0.39, 0.29) is 22.7 Å². The lowest BCUT2D eigenvalue weighted by Gasteiger charge is -2.37. The molecule has 0 aromatic heterocycles. The second-order valence-corrected chi connectivity index (χ2v) is 12.5. The van der Waals surface area contributed by atoms with Crippen molar-refractivity contribution in [2.75, 3.05) is 37.2 Å². The quantitative estimate of drug-likeness (QED) is 0.270. The Hall–Kier alpha value is -2.23. The average Bonchev–Trinajstić information content (AvgIpc) is 3.00. The Kier molecular flexibility index (Phi) is 10.3. The van der Waals surface area contributed by atoms with Gasteiger partial charge in [0.25, 0.3) is 0 Å². The minimum atomic E-state index is -3.68. The number of ether oxygens (including phenoxy) is 2. The molecule has 1 aliphatic heterocycles. The van der Waals surface area contributed by atoms with Crippen LogP contribution in [0.15, 0.2) is 52.3 Å². The monoisotopic (exact) mass is 549 g/mol. The number of anilines is 2. The molecule has 7 nitrogen and oxygen atoms in total. The molecule has 1 atom stereocenters. The molecule has 0 bridgehead atoms. The number of hydrogen-bond donors (Lipinski definition) is 1. The fourth-order valence-electron chi connectivity index (χ4n) is 4.95. The number of esters is 1. The van der Waals surface area contributed by atoms with Gasteiger partial charge in [-0.1, -0.05) is 57.7 Å². The number of carbonyl (C=O) groups is 1. The van der Waals surface area contributed by atoms with Gasteiger partial charge in [0, 0.05) is 23.7 Å². The number of carbonyl (C=O) groups excluding carboxylic acids is 1. The fourth-order valence-corrected chi connectivity index (χ4v) is 7.62. The Morgan fingerprint density at radius 2 is 1.78 bits per heavy atom. The van der Waals surface area contributed by atoms with E-state index in [1.807, 2.05) is 42.7 Å². The summed E-state index contributed by atoms with van der Waals surface area (Å²) in [7, 11) is -2.49. The predicted molar refractivity (Wildman–Crippen MR) is 149 cm³/mol. The number of para-hydroxylation sites is 1. The van der Waals surface area contributed by atoms with Crippen LogP contribution >= 0.6 is 11.8 Å². The molecule has 204 valence electrons. The lowest BCUT2D eigenvalue weighted by molar-refractivity contribution is -0.151. The maximum absolute atomic E-state index is 14.0. The van der Waals surface area contributed by atoms with E-state index in [4.69, 9.17) is 4.74 Å². The predicted octanol–water partition coefficient (Wildman–Crippen LogP) is 5.61. The molecule has 2 aromatic carbocycles. The van der Waals surface area contributed by atoms with E-state index in [2.05, 4.69) is 23.5 Å². The summed E-state index contributed by atoms with van der Waals surface area (Å²) in [5.41, 5.74) is 1.19. The minimum Gasteiger partial charge on any atom is -0.489 e. The number of nitrogens with zero attached hydrogens (tertiary/aromatic N) is 1. The van der Waals surface area contributed by atoms with Crippen molar-refractivity contribution >= 4 is 38.9 Å². The Labute approximate surface area is 225 Å². The van der Waals surface area contributed by atoms with Gasteiger partial charge in [0.2, 0.25) is 0 Å². The number of rotatable bonds is 12. The lowest BCUT2D eigenvalue weighted by atomic mass is 9.79. The molecule has 37 heavy (non-hydrogen) atoms. The smallest absolute Gasteiger partial charge is 0.338 e. The second kappa shape index (κ2) is 13.0. The second-order valence-electron chi connectivity index (χ2n) is 9.71. The molecule has 2 aromatic rings. The molecule has 0 amide bonds. The van der Waals surface area contributed by atoms with Gasteiger partial charge in [0.15, 0.2) is 15.9 Å². The molecule has 0 aliphatic carbocycles. The lowest BCUT2D eigenvalue weighted by Crippen LogP contribution is -2.38. The standard InChI is InChI=1S/C28H39NO6S2/c1-5-7-14-28(15-8-6-2)19-29(21-12-10-9-11-13-21)22-16-25(36-4)24(17-26(22)37(32,33)20-28)35-18-23(30)27(31)34-3/h9-13,16-17,23,30H,5-8,14-15,18-20H2,1-4H3. The molecular formula is C28H39NO6S2. The first-order chi connectivity index (χ1) is 17.7. The summed E-state index contributed by atoms with van der Waals surface area (Å²) in [6, 6.07) is 13.3. The zero-order chi connectivity index (χ0) is 27.1. The molecule has 1 heterocycles. The molecule has 0 saturated carbocycles. The van der Waals surface area contributed by atoms with Gasteiger partial charge in [-0.3, -0.25) is 0 Å². The van der Waals surface area contributed by atoms with Crippen LogP contribution in [0.1, 0.15) is 52.4 Å². The zero-order valence-electron chi connectivity index (χ0n) is 22.2. The molecule has 1 unspecified atom stereocenters. The van der Waals surface area contributed by atoms with Gasteiger partial charge < -0.3 is 19.5 Å². The third-order valence-corrected chi connectivity index (χ3v) is 9.67. The molecular weight excluding hydrogens is 510 g/mol. The van der Waals surface area contributed by atoms with Crippen LogP contribution in [-0.4, -0.2) is 57.9 Å². The van der Waals surface area contributed by atoms with Crippen LogP contribution in [-0.2, 0) is 19.4 Å². The Balaban J connectivity index is 2.17. The average molecular weight is 550 g/mol. The van der Waals surface area contributed by atoms with Crippen LogP contribution in [0.2, 0.25) is 0 Å². The van der Waals surface area contributed by atoms with Gasteiger partial charge in [-0.05, 0) is 37.3 Å². The zero-order valence-corrected chi connectivity index (χ0v) is 23.9. The summed E-state index contributed by atoms with van der Waals surface area (Å²) < 4.78 is 38.4. The van der Waals surface area contributed by atoms with Crippen molar-refractivity contribution in [1.82, 2.24) is 0 Å². The first-order valence-electron chi connectivity index (χ1n) is 12.9. The normalized spacial score (nSPS) is 16.9.